The van der Waals surface area contributed by atoms with E-state index in [9.17, 15) is 4.79 Å². The number of ether oxygens (including phenoxy) is 8. The third kappa shape index (κ3) is 43.7. The number of aliphatic hydroxyl groups is 1. The van der Waals surface area contributed by atoms with E-state index in [0.29, 0.717) is 6.61 Å². The number of hydrogen-bond acceptors (Lipinski definition) is 11. The molecule has 2 aliphatic heterocycles. The molecule has 576 valence electrons. The van der Waals surface area contributed by atoms with E-state index < -0.39 is 14.5 Å². The van der Waals surface area contributed by atoms with E-state index in [2.05, 4.69) is 240 Å². The first-order valence-electron chi connectivity index (χ1n) is 38.0. The number of aliphatic hydroxyl groups excluding tert-OH is 1. The predicted octanol–water partition coefficient (Wildman–Crippen LogP) is 20.7. The summed E-state index contributed by atoms with van der Waals surface area (Å²) < 4.78 is 44.2. The first kappa shape index (κ1) is 95.8. The van der Waals surface area contributed by atoms with Crippen molar-refractivity contribution in [1.29, 1.82) is 0 Å². The number of alkyl halides is 2. The van der Waals surface area contributed by atoms with Crippen LogP contribution in [0.5, 0.6) is 0 Å². The molecule has 0 radical (unpaired) electrons. The molecule has 6 aromatic rings. The second kappa shape index (κ2) is 68.1. The van der Waals surface area contributed by atoms with Crippen molar-refractivity contribution in [3.63, 3.8) is 0 Å². The summed E-state index contributed by atoms with van der Waals surface area (Å²) in [4.78, 5) is 11.0. The molecule has 1 N–H and O–H groups in total. The number of unbranched alkanes of at least 4 members (excludes halogenated alkanes) is 6. The number of rotatable bonds is 47. The lowest BCUT2D eigenvalue weighted by Gasteiger charge is -2.27. The maximum atomic E-state index is 11.0. The second-order valence-electron chi connectivity index (χ2n) is 24.9. The SMILES string of the molecule is C.C=CCCBr.C=CCCOCCCCBr.C=CCCOCCCCOC1CCCCO1.C=CCCOCCCC[P+](c1ccccc1)(c1ccccc1)c1ccccc1.CC(=O)SCCCCOCCCC[P+](c1ccccc1)(c1ccccc1)c1ccccc1.OCCCCOC1CCCCO1. The summed E-state index contributed by atoms with van der Waals surface area (Å²) in [6.45, 7) is 26.1. The predicted molar refractivity (Wildman–Crippen MR) is 462 cm³/mol. The van der Waals surface area contributed by atoms with E-state index in [1.54, 1.807) is 6.92 Å². The van der Waals surface area contributed by atoms with E-state index in [-0.39, 0.29) is 31.7 Å². The molecule has 2 unspecified atom stereocenters. The van der Waals surface area contributed by atoms with Gasteiger partial charge in [-0.25, -0.2) is 0 Å². The van der Waals surface area contributed by atoms with Crippen LogP contribution < -0.4 is 31.8 Å². The molecule has 2 atom stereocenters. The third-order valence-corrected chi connectivity index (χ3v) is 27.7. The van der Waals surface area contributed by atoms with Gasteiger partial charge < -0.3 is 43.0 Å². The van der Waals surface area contributed by atoms with Crippen LogP contribution in [-0.4, -0.2) is 137 Å². The summed E-state index contributed by atoms with van der Waals surface area (Å²) >= 11 is 8.01. The van der Waals surface area contributed by atoms with Gasteiger partial charge in [-0.1, -0.05) is 185 Å². The summed E-state index contributed by atoms with van der Waals surface area (Å²) in [5.41, 5.74) is 0. The van der Waals surface area contributed by atoms with Crippen molar-refractivity contribution < 1.29 is 47.8 Å². The number of benzene rings is 6. The maximum absolute atomic E-state index is 11.0. The van der Waals surface area contributed by atoms with Crippen molar-refractivity contribution >= 4 is 95.1 Å². The van der Waals surface area contributed by atoms with E-state index >= 15 is 0 Å². The Kier molecular flexibility index (Phi) is 62.7. The molecule has 15 heteroatoms. The molecule has 8 rings (SSSR count). The van der Waals surface area contributed by atoms with Crippen molar-refractivity contribution in [3.8, 4) is 0 Å². The fourth-order valence-corrected chi connectivity index (χ4v) is 21.5. The molecule has 2 saturated heterocycles. The molecular formula is C89H132Br2O10P2S+2. The van der Waals surface area contributed by atoms with Crippen LogP contribution in [0.4, 0.5) is 0 Å². The van der Waals surface area contributed by atoms with E-state index in [4.69, 9.17) is 43.0 Å². The van der Waals surface area contributed by atoms with Crippen LogP contribution in [0.15, 0.2) is 233 Å². The quantitative estimate of drug-likeness (QED) is 0.0171. The highest BCUT2D eigenvalue weighted by molar-refractivity contribution is 9.09. The Bertz CT molecular complexity index is 2700. The van der Waals surface area contributed by atoms with Crippen LogP contribution >= 0.6 is 58.1 Å². The van der Waals surface area contributed by atoms with Crippen molar-refractivity contribution in [2.75, 3.05) is 115 Å². The van der Waals surface area contributed by atoms with Crippen LogP contribution in [0.1, 0.15) is 156 Å². The minimum absolute atomic E-state index is 0. The zero-order valence-electron chi connectivity index (χ0n) is 62.6. The topological polar surface area (TPSA) is 111 Å². The van der Waals surface area contributed by atoms with Crippen molar-refractivity contribution in [1.82, 2.24) is 0 Å². The minimum Gasteiger partial charge on any atom is -0.396 e. The van der Waals surface area contributed by atoms with Gasteiger partial charge in [0.1, 0.15) is 46.4 Å². The van der Waals surface area contributed by atoms with Gasteiger partial charge in [-0.3, -0.25) is 4.79 Å². The zero-order valence-corrected chi connectivity index (χ0v) is 68.4. The van der Waals surface area contributed by atoms with Gasteiger partial charge in [0.25, 0.3) is 0 Å². The number of hydrogen-bond donors (Lipinski definition) is 1. The Hall–Kier alpha value is -4.24. The highest BCUT2D eigenvalue weighted by Crippen LogP contribution is 2.57. The van der Waals surface area contributed by atoms with Crippen LogP contribution in [0.3, 0.4) is 0 Å². The molecule has 0 saturated carbocycles. The molecule has 0 aromatic heterocycles. The fraction of sp³-hybridized carbons (Fsp3) is 0.494. The molecule has 0 amide bonds. The summed E-state index contributed by atoms with van der Waals surface area (Å²) in [6, 6.07) is 66.5. The van der Waals surface area contributed by atoms with Gasteiger partial charge in [-0.15, -0.1) is 26.3 Å². The Labute approximate surface area is 653 Å². The molecule has 104 heavy (non-hydrogen) atoms. The van der Waals surface area contributed by atoms with Crippen LogP contribution in [0, 0.1) is 0 Å². The lowest BCUT2D eigenvalue weighted by atomic mass is 10.2. The van der Waals surface area contributed by atoms with Gasteiger partial charge in [0, 0.05) is 109 Å². The number of carbonyl (C=O) groups excluding carboxylic acids is 1. The Morgan fingerprint density at radius 2 is 0.712 bits per heavy atom. The largest absolute Gasteiger partial charge is 0.396 e. The minimum atomic E-state index is -1.72. The standard InChI is InChI=1S/C28H34O2PS.C26H30OP.C13H24O3.C9H18O3.C8H15BrO.C4H7Br.CH4/c1-25(29)32-24-14-12-22-30-21-11-13-23-31(26-15-5-2-6-16-26,27-17-7-3-8-18-27)28-19-9-4-10-20-28;1-2-3-21-27-22-13-14-23-28(24-15-7-4-8-16-24,25-17-9-5-10-18-25)26-19-11-6-12-20-26;1-2-3-9-14-10-6-7-12-16-13-8-4-5-11-15-13;10-6-2-4-8-12-9-5-1-3-7-11-9;1-2-3-7-10-8-5-4-6-9;1-2-3-4-5;/h2-10,15-20H,11-14,21-24H2,1H3;2,4-12,15-20H,1,3,13-14,21-23H2;2,13H,1,3-12H2;9-10H,1-8H2;2H,1,3-8H2;2H,1,3-4H2;1H4/q2*+1;;;;;. The Morgan fingerprint density at radius 3 is 0.990 bits per heavy atom. The van der Waals surface area contributed by atoms with Gasteiger partial charge in [-0.05, 0) is 214 Å². The van der Waals surface area contributed by atoms with E-state index in [0.717, 1.165) is 217 Å². The summed E-state index contributed by atoms with van der Waals surface area (Å²) in [7, 11) is -3.41. The Morgan fingerprint density at radius 1 is 0.413 bits per heavy atom. The number of allylic oxidation sites excluding steroid dienone is 1. The molecular weight excluding hydrogens is 1480 g/mol. The molecule has 6 aromatic carbocycles. The molecule has 2 aliphatic rings. The Balaban J connectivity index is 0.000000460. The van der Waals surface area contributed by atoms with Gasteiger partial charge in [0.15, 0.2) is 17.7 Å². The maximum Gasteiger partial charge on any atom is 0.185 e. The molecule has 2 heterocycles. The van der Waals surface area contributed by atoms with Crippen molar-refractivity contribution in [2.45, 2.75) is 168 Å². The number of halogens is 2. The van der Waals surface area contributed by atoms with Gasteiger partial charge >= 0.3 is 0 Å². The van der Waals surface area contributed by atoms with Crippen molar-refractivity contribution in [2.24, 2.45) is 0 Å². The fourth-order valence-electron chi connectivity index (χ4n) is 11.3. The molecule has 0 bridgehead atoms. The second-order valence-corrected chi connectivity index (χ2v) is 34.9. The lowest BCUT2D eigenvalue weighted by molar-refractivity contribution is -0.163. The first-order chi connectivity index (χ1) is 50.8. The zero-order chi connectivity index (χ0) is 73.9. The van der Waals surface area contributed by atoms with Crippen LogP contribution in [0.25, 0.3) is 0 Å². The molecule has 10 nitrogen and oxygen atoms in total. The van der Waals surface area contributed by atoms with Crippen LogP contribution in [0.2, 0.25) is 0 Å². The average Bonchev–Trinajstić information content (AvgIpc) is 0.769. The molecule has 2 fully saturated rings. The normalized spacial score (nSPS) is 13.8. The lowest BCUT2D eigenvalue weighted by Crippen LogP contribution is -2.33. The van der Waals surface area contributed by atoms with Gasteiger partial charge in [0.2, 0.25) is 0 Å². The number of thioether (sulfide) groups is 1. The first-order valence-corrected chi connectivity index (χ1v) is 45.2. The number of carbonyl (C=O) groups is 1. The van der Waals surface area contributed by atoms with E-state index in [1.165, 1.54) is 69.3 Å². The monoisotopic (exact) mass is 1610 g/mol. The summed E-state index contributed by atoms with van der Waals surface area (Å²) in [5.74, 6) is 0.900. The summed E-state index contributed by atoms with van der Waals surface area (Å²) in [5, 5.41) is 19.5. The highest BCUT2D eigenvalue weighted by atomic mass is 79.9. The van der Waals surface area contributed by atoms with Crippen molar-refractivity contribution in [3.05, 3.63) is 233 Å². The van der Waals surface area contributed by atoms with Gasteiger partial charge in [-0.2, -0.15) is 0 Å². The molecule has 0 aliphatic carbocycles. The van der Waals surface area contributed by atoms with Gasteiger partial charge in [0.05, 0.1) is 12.3 Å². The van der Waals surface area contributed by atoms with E-state index in [1.807, 2.05) is 24.3 Å². The van der Waals surface area contributed by atoms with Crippen LogP contribution in [-0.2, 0) is 42.7 Å². The highest BCUT2D eigenvalue weighted by Gasteiger charge is 2.46. The summed E-state index contributed by atoms with van der Waals surface area (Å²) in [6.07, 6.45) is 33.4. The molecule has 0 spiro atoms. The smallest absolute Gasteiger partial charge is 0.185 e. The third-order valence-electron chi connectivity index (χ3n) is 16.7. The average molecular weight is 1620 g/mol.